The molecule has 1 aliphatic heterocycles. The van der Waals surface area contributed by atoms with Crippen molar-refractivity contribution in [3.05, 3.63) is 71.4 Å². The molecule has 1 unspecified atom stereocenters. The Hall–Kier alpha value is -2.59. The predicted molar refractivity (Wildman–Crippen MR) is 108 cm³/mol. The van der Waals surface area contributed by atoms with Crippen molar-refractivity contribution in [2.45, 2.75) is 51.4 Å². The van der Waals surface area contributed by atoms with Gasteiger partial charge in [-0.25, -0.2) is 0 Å². The average molecular weight is 375 g/mol. The average Bonchev–Trinajstić information content (AvgIpc) is 3.17. The monoisotopic (exact) mass is 375 g/mol. The molecule has 144 valence electrons. The molecule has 2 aliphatic rings. The molecule has 0 bridgehead atoms. The van der Waals surface area contributed by atoms with Gasteiger partial charge in [-0.1, -0.05) is 30.3 Å². The fraction of sp³-hybridized carbons (Fsp3) is 0.375. The van der Waals surface area contributed by atoms with Gasteiger partial charge in [-0.3, -0.25) is 0 Å². The highest BCUT2D eigenvalue weighted by Gasteiger charge is 2.30. The Kier molecular flexibility index (Phi) is 4.88. The Morgan fingerprint density at radius 2 is 1.93 bits per heavy atom. The van der Waals surface area contributed by atoms with E-state index in [9.17, 15) is 0 Å². The lowest BCUT2D eigenvalue weighted by molar-refractivity contribution is -0.746. The Balaban J connectivity index is 1.36. The number of aromatic nitrogens is 2. The molecule has 3 aromatic rings. The lowest BCUT2D eigenvalue weighted by Gasteiger charge is -2.20. The zero-order valence-electron chi connectivity index (χ0n) is 16.2. The number of hydrogen-bond donors (Lipinski definition) is 1. The number of benzene rings is 2. The first-order chi connectivity index (χ1) is 13.9. The largest absolute Gasteiger partial charge is 0.489 e. The van der Waals surface area contributed by atoms with Crippen LogP contribution in [0.25, 0.3) is 11.3 Å². The SMILES string of the molecule is c1ccc(COc2ccc3c(c2)CCc2c[nH][n+](CC4CCCCO4)c2-3)cc1. The summed E-state index contributed by atoms with van der Waals surface area (Å²) in [4.78, 5) is 0. The highest BCUT2D eigenvalue weighted by Crippen LogP contribution is 2.33. The van der Waals surface area contributed by atoms with Gasteiger partial charge < -0.3 is 9.47 Å². The molecule has 1 N–H and O–H groups in total. The third kappa shape index (κ3) is 3.57. The van der Waals surface area contributed by atoms with Crippen LogP contribution in [0.5, 0.6) is 5.75 Å². The molecule has 2 heterocycles. The Bertz CT molecular complexity index is 942. The highest BCUT2D eigenvalue weighted by molar-refractivity contribution is 5.68. The number of rotatable bonds is 5. The van der Waals surface area contributed by atoms with Gasteiger partial charge >= 0.3 is 0 Å². The van der Waals surface area contributed by atoms with Crippen molar-refractivity contribution in [1.29, 1.82) is 0 Å². The van der Waals surface area contributed by atoms with E-state index in [0.29, 0.717) is 12.7 Å². The highest BCUT2D eigenvalue weighted by atomic mass is 16.5. The molecular formula is C24H27N2O2+. The van der Waals surface area contributed by atoms with Gasteiger partial charge in [0.15, 0.2) is 6.54 Å². The smallest absolute Gasteiger partial charge is 0.241 e. The fourth-order valence-electron chi connectivity index (χ4n) is 4.38. The van der Waals surface area contributed by atoms with E-state index in [0.717, 1.165) is 38.2 Å². The van der Waals surface area contributed by atoms with Gasteiger partial charge in [0, 0.05) is 12.2 Å². The Labute approximate surface area is 166 Å². The van der Waals surface area contributed by atoms with Gasteiger partial charge in [0.2, 0.25) is 5.69 Å². The summed E-state index contributed by atoms with van der Waals surface area (Å²) in [5.41, 5.74) is 6.62. The van der Waals surface area contributed by atoms with Crippen LogP contribution in [-0.4, -0.2) is 17.8 Å². The topological polar surface area (TPSA) is 38.1 Å². The number of ether oxygens (including phenoxy) is 2. The molecule has 4 nitrogen and oxygen atoms in total. The van der Waals surface area contributed by atoms with E-state index in [4.69, 9.17) is 9.47 Å². The summed E-state index contributed by atoms with van der Waals surface area (Å²) >= 11 is 0. The molecule has 0 radical (unpaired) electrons. The molecule has 1 atom stereocenters. The zero-order chi connectivity index (χ0) is 18.8. The minimum atomic E-state index is 0.320. The molecule has 1 fully saturated rings. The first-order valence-electron chi connectivity index (χ1n) is 10.4. The summed E-state index contributed by atoms with van der Waals surface area (Å²) < 4.78 is 14.3. The van der Waals surface area contributed by atoms with Crippen molar-refractivity contribution in [1.82, 2.24) is 5.10 Å². The number of hydrogen-bond acceptors (Lipinski definition) is 2. The number of aryl methyl sites for hydroxylation is 2. The third-order valence-corrected chi connectivity index (χ3v) is 5.87. The maximum atomic E-state index is 6.04. The minimum absolute atomic E-state index is 0.320. The van der Waals surface area contributed by atoms with Crippen LogP contribution in [0.3, 0.4) is 0 Å². The van der Waals surface area contributed by atoms with Crippen LogP contribution in [0.1, 0.15) is 36.0 Å². The van der Waals surface area contributed by atoms with Crippen LogP contribution in [0.4, 0.5) is 0 Å². The van der Waals surface area contributed by atoms with Crippen molar-refractivity contribution in [2.75, 3.05) is 6.61 Å². The number of fused-ring (bicyclic) bond motifs is 3. The molecule has 0 spiro atoms. The standard InChI is InChI=1S/C24H26N2O2/c1-2-6-18(7-3-1)17-28-21-11-12-23-19(14-21)9-10-20-15-25-26(24(20)23)16-22-8-4-5-13-27-22/h1-3,6-7,11-12,14-15,22H,4-5,8-10,13,16-17H2/p+1. The van der Waals surface area contributed by atoms with E-state index in [-0.39, 0.29) is 0 Å². The summed E-state index contributed by atoms with van der Waals surface area (Å²) in [6.07, 6.45) is 8.23. The minimum Gasteiger partial charge on any atom is -0.489 e. The van der Waals surface area contributed by atoms with Crippen molar-refractivity contribution >= 4 is 0 Å². The zero-order valence-corrected chi connectivity index (χ0v) is 16.2. The second-order valence-corrected chi connectivity index (χ2v) is 7.84. The Morgan fingerprint density at radius 3 is 2.79 bits per heavy atom. The molecule has 4 heteroatoms. The fourth-order valence-corrected chi connectivity index (χ4v) is 4.38. The summed E-state index contributed by atoms with van der Waals surface area (Å²) in [5.74, 6) is 0.948. The van der Waals surface area contributed by atoms with Crippen LogP contribution in [0.2, 0.25) is 0 Å². The number of nitrogens with zero attached hydrogens (tertiary/aromatic N) is 1. The van der Waals surface area contributed by atoms with E-state index in [2.05, 4.69) is 46.3 Å². The van der Waals surface area contributed by atoms with Gasteiger partial charge in [0.05, 0.1) is 11.8 Å². The van der Waals surface area contributed by atoms with Crippen molar-refractivity contribution in [3.8, 4) is 17.0 Å². The Morgan fingerprint density at radius 1 is 1.04 bits per heavy atom. The van der Waals surface area contributed by atoms with Crippen molar-refractivity contribution in [3.63, 3.8) is 0 Å². The van der Waals surface area contributed by atoms with Crippen LogP contribution in [-0.2, 0) is 30.7 Å². The maximum absolute atomic E-state index is 6.04. The molecule has 1 aromatic heterocycles. The summed E-state index contributed by atoms with van der Waals surface area (Å²) in [6, 6.07) is 16.9. The van der Waals surface area contributed by atoms with Gasteiger partial charge in [0.25, 0.3) is 0 Å². The number of aromatic amines is 1. The lowest BCUT2D eigenvalue weighted by atomic mass is 9.90. The molecule has 28 heavy (non-hydrogen) atoms. The van der Waals surface area contributed by atoms with E-state index in [1.54, 1.807) is 0 Å². The molecule has 0 saturated carbocycles. The second kappa shape index (κ2) is 7.80. The van der Waals surface area contributed by atoms with Gasteiger partial charge in [-0.15, -0.1) is 4.68 Å². The quantitative estimate of drug-likeness (QED) is 0.678. The van der Waals surface area contributed by atoms with Crippen LogP contribution in [0.15, 0.2) is 54.7 Å². The molecular weight excluding hydrogens is 348 g/mol. The van der Waals surface area contributed by atoms with E-state index in [1.165, 1.54) is 40.8 Å². The van der Waals surface area contributed by atoms with E-state index >= 15 is 0 Å². The van der Waals surface area contributed by atoms with Crippen LogP contribution < -0.4 is 9.42 Å². The maximum Gasteiger partial charge on any atom is 0.241 e. The molecule has 0 amide bonds. The van der Waals surface area contributed by atoms with Crippen molar-refractivity contribution in [2.24, 2.45) is 0 Å². The van der Waals surface area contributed by atoms with Crippen LogP contribution >= 0.6 is 0 Å². The summed E-state index contributed by atoms with van der Waals surface area (Å²) in [5, 5.41) is 3.47. The van der Waals surface area contributed by atoms with E-state index < -0.39 is 0 Å². The molecule has 2 aromatic carbocycles. The van der Waals surface area contributed by atoms with E-state index in [1.807, 2.05) is 18.2 Å². The van der Waals surface area contributed by atoms with Gasteiger partial charge in [-0.05, 0) is 61.4 Å². The van der Waals surface area contributed by atoms with Gasteiger partial charge in [0.1, 0.15) is 18.5 Å². The van der Waals surface area contributed by atoms with Gasteiger partial charge in [-0.2, -0.15) is 5.10 Å². The van der Waals surface area contributed by atoms with Crippen LogP contribution in [0, 0.1) is 0 Å². The molecule has 5 rings (SSSR count). The lowest BCUT2D eigenvalue weighted by Crippen LogP contribution is -2.45. The third-order valence-electron chi connectivity index (χ3n) is 5.87. The van der Waals surface area contributed by atoms with Crippen molar-refractivity contribution < 1.29 is 14.2 Å². The first-order valence-corrected chi connectivity index (χ1v) is 10.4. The molecule has 1 aliphatic carbocycles. The molecule has 1 saturated heterocycles. The number of nitrogens with one attached hydrogen (secondary N) is 1. The first kappa shape index (κ1) is 17.5. The number of H-pyrrole nitrogens is 1. The predicted octanol–water partition coefficient (Wildman–Crippen LogP) is 4.22. The summed E-state index contributed by atoms with van der Waals surface area (Å²) in [6.45, 7) is 2.40. The summed E-state index contributed by atoms with van der Waals surface area (Å²) in [7, 11) is 0. The normalized spacial score (nSPS) is 18.4. The second-order valence-electron chi connectivity index (χ2n) is 7.84.